The lowest BCUT2D eigenvalue weighted by atomic mass is 9.94. The second-order valence-electron chi connectivity index (χ2n) is 8.17. The standard InChI is InChI=1S/C24H29N3O2/c1-26-17-21-8-4-3-7-20(21)15-22(26)23(28)25-16-18-9-11-19(12-10-18)24(29)27-13-5-2-6-14-27/h3-4,7-12,22H,2,5-6,13-17H2,1H3,(H,25,28)/t22-/m0/s1. The summed E-state index contributed by atoms with van der Waals surface area (Å²) in [4.78, 5) is 29.4. The first-order chi connectivity index (χ1) is 14.1. The van der Waals surface area contributed by atoms with Gasteiger partial charge in [0.05, 0.1) is 6.04 Å². The molecule has 2 heterocycles. The minimum atomic E-state index is -0.148. The molecule has 0 saturated carbocycles. The van der Waals surface area contributed by atoms with Gasteiger partial charge in [-0.3, -0.25) is 14.5 Å². The molecular weight excluding hydrogens is 362 g/mol. The number of nitrogens with zero attached hydrogens (tertiary/aromatic N) is 2. The number of likely N-dealkylation sites (tertiary alicyclic amines) is 1. The van der Waals surface area contributed by atoms with Gasteiger partial charge >= 0.3 is 0 Å². The number of fused-ring (bicyclic) bond motifs is 1. The number of amides is 2. The van der Waals surface area contributed by atoms with E-state index in [0.29, 0.717) is 6.54 Å². The van der Waals surface area contributed by atoms with Crippen molar-refractivity contribution in [3.8, 4) is 0 Å². The quantitative estimate of drug-likeness (QED) is 0.872. The van der Waals surface area contributed by atoms with Crippen molar-refractivity contribution in [3.05, 3.63) is 70.8 Å². The molecular formula is C24H29N3O2. The number of hydrogen-bond donors (Lipinski definition) is 1. The monoisotopic (exact) mass is 391 g/mol. The van der Waals surface area contributed by atoms with Crippen LogP contribution >= 0.6 is 0 Å². The maximum absolute atomic E-state index is 12.8. The van der Waals surface area contributed by atoms with Crippen LogP contribution in [0.3, 0.4) is 0 Å². The first-order valence-electron chi connectivity index (χ1n) is 10.5. The van der Waals surface area contributed by atoms with Gasteiger partial charge in [-0.2, -0.15) is 0 Å². The summed E-state index contributed by atoms with van der Waals surface area (Å²) in [6.07, 6.45) is 4.14. The third-order valence-corrected chi connectivity index (χ3v) is 6.10. The summed E-state index contributed by atoms with van der Waals surface area (Å²) < 4.78 is 0. The molecule has 1 atom stereocenters. The van der Waals surface area contributed by atoms with Crippen LogP contribution in [0.4, 0.5) is 0 Å². The number of nitrogens with one attached hydrogen (secondary N) is 1. The molecule has 0 aromatic heterocycles. The van der Waals surface area contributed by atoms with Crippen molar-refractivity contribution in [2.24, 2.45) is 0 Å². The molecule has 2 aliphatic heterocycles. The van der Waals surface area contributed by atoms with Gasteiger partial charge in [-0.05, 0) is 61.6 Å². The van der Waals surface area contributed by atoms with Crippen LogP contribution in [0.5, 0.6) is 0 Å². The SMILES string of the molecule is CN1Cc2ccccc2C[C@H]1C(=O)NCc1ccc(C(=O)N2CCCCC2)cc1. The van der Waals surface area contributed by atoms with E-state index in [4.69, 9.17) is 0 Å². The van der Waals surface area contributed by atoms with E-state index < -0.39 is 0 Å². The molecule has 29 heavy (non-hydrogen) atoms. The molecule has 2 aromatic rings. The van der Waals surface area contributed by atoms with E-state index in [-0.39, 0.29) is 17.9 Å². The van der Waals surface area contributed by atoms with Gasteiger partial charge in [0.2, 0.25) is 5.91 Å². The van der Waals surface area contributed by atoms with Crippen molar-refractivity contribution < 1.29 is 9.59 Å². The van der Waals surface area contributed by atoms with Gasteiger partial charge in [-0.25, -0.2) is 0 Å². The summed E-state index contributed by atoms with van der Waals surface area (Å²) in [6.45, 7) is 2.98. The van der Waals surface area contributed by atoms with E-state index in [0.717, 1.165) is 50.0 Å². The molecule has 5 nitrogen and oxygen atoms in total. The molecule has 5 heteroatoms. The van der Waals surface area contributed by atoms with Crippen LogP contribution < -0.4 is 5.32 Å². The number of hydrogen-bond acceptors (Lipinski definition) is 3. The number of carbonyl (C=O) groups is 2. The first kappa shape index (κ1) is 19.6. The van der Waals surface area contributed by atoms with Gasteiger partial charge in [0.1, 0.15) is 0 Å². The molecule has 0 radical (unpaired) electrons. The van der Waals surface area contributed by atoms with E-state index >= 15 is 0 Å². The highest BCUT2D eigenvalue weighted by molar-refractivity contribution is 5.94. The summed E-state index contributed by atoms with van der Waals surface area (Å²) in [6, 6.07) is 15.8. The summed E-state index contributed by atoms with van der Waals surface area (Å²) >= 11 is 0. The van der Waals surface area contributed by atoms with Crippen molar-refractivity contribution in [3.63, 3.8) is 0 Å². The Bertz CT molecular complexity index is 872. The molecule has 2 aromatic carbocycles. The second kappa shape index (κ2) is 8.78. The lowest BCUT2D eigenvalue weighted by molar-refractivity contribution is -0.126. The van der Waals surface area contributed by atoms with Crippen LogP contribution in [-0.2, 0) is 24.3 Å². The maximum atomic E-state index is 12.8. The van der Waals surface area contributed by atoms with Crippen molar-refractivity contribution in [2.45, 2.75) is 44.8 Å². The van der Waals surface area contributed by atoms with Gasteiger partial charge in [0.15, 0.2) is 0 Å². The molecule has 2 aliphatic rings. The zero-order valence-corrected chi connectivity index (χ0v) is 17.1. The van der Waals surface area contributed by atoms with Gasteiger partial charge in [0, 0.05) is 31.7 Å². The Balaban J connectivity index is 1.33. The minimum absolute atomic E-state index is 0.0514. The normalized spacial score (nSPS) is 19.5. The van der Waals surface area contributed by atoms with E-state index in [2.05, 4.69) is 22.3 Å². The fourth-order valence-electron chi connectivity index (χ4n) is 4.30. The summed E-state index contributed by atoms with van der Waals surface area (Å²) in [5.74, 6) is 0.165. The van der Waals surface area contributed by atoms with Crippen molar-refractivity contribution >= 4 is 11.8 Å². The molecule has 0 aliphatic carbocycles. The average molecular weight is 392 g/mol. The summed E-state index contributed by atoms with van der Waals surface area (Å²) in [5, 5.41) is 3.07. The molecule has 1 N–H and O–H groups in total. The van der Waals surface area contributed by atoms with Crippen LogP contribution in [-0.4, -0.2) is 47.8 Å². The highest BCUT2D eigenvalue weighted by atomic mass is 16.2. The second-order valence-corrected chi connectivity index (χ2v) is 8.17. The van der Waals surface area contributed by atoms with Crippen molar-refractivity contribution in [1.82, 2.24) is 15.1 Å². The molecule has 152 valence electrons. The Hall–Kier alpha value is -2.66. The third-order valence-electron chi connectivity index (χ3n) is 6.10. The van der Waals surface area contributed by atoms with Gasteiger partial charge < -0.3 is 10.2 Å². The number of benzene rings is 2. The number of carbonyl (C=O) groups excluding carboxylic acids is 2. The zero-order chi connectivity index (χ0) is 20.2. The van der Waals surface area contributed by atoms with Gasteiger partial charge in [-0.1, -0.05) is 36.4 Å². The van der Waals surface area contributed by atoms with Crippen LogP contribution in [0.2, 0.25) is 0 Å². The van der Waals surface area contributed by atoms with Crippen LogP contribution in [0.1, 0.15) is 46.3 Å². The van der Waals surface area contributed by atoms with Crippen molar-refractivity contribution in [1.29, 1.82) is 0 Å². The molecule has 0 spiro atoms. The minimum Gasteiger partial charge on any atom is -0.351 e. The molecule has 0 unspecified atom stereocenters. The lowest BCUT2D eigenvalue weighted by Crippen LogP contribution is -2.48. The third kappa shape index (κ3) is 4.51. The van der Waals surface area contributed by atoms with Gasteiger partial charge in [0.25, 0.3) is 5.91 Å². The zero-order valence-electron chi connectivity index (χ0n) is 17.1. The van der Waals surface area contributed by atoms with Crippen LogP contribution in [0, 0.1) is 0 Å². The smallest absolute Gasteiger partial charge is 0.253 e. The van der Waals surface area contributed by atoms with E-state index in [1.54, 1.807) is 0 Å². The Morgan fingerprint density at radius 3 is 2.38 bits per heavy atom. The Kier molecular flexibility index (Phi) is 5.95. The molecule has 1 fully saturated rings. The predicted molar refractivity (Wildman–Crippen MR) is 113 cm³/mol. The largest absolute Gasteiger partial charge is 0.351 e. The van der Waals surface area contributed by atoms with E-state index in [1.165, 1.54) is 17.5 Å². The Labute approximate surface area is 172 Å². The predicted octanol–water partition coefficient (Wildman–Crippen LogP) is 2.99. The topological polar surface area (TPSA) is 52.7 Å². The average Bonchev–Trinajstić information content (AvgIpc) is 2.77. The van der Waals surface area contributed by atoms with Crippen LogP contribution in [0.15, 0.2) is 48.5 Å². The Morgan fingerprint density at radius 1 is 0.966 bits per heavy atom. The number of piperidine rings is 1. The molecule has 0 bridgehead atoms. The van der Waals surface area contributed by atoms with Gasteiger partial charge in [-0.15, -0.1) is 0 Å². The fourth-order valence-corrected chi connectivity index (χ4v) is 4.30. The lowest BCUT2D eigenvalue weighted by Gasteiger charge is -2.33. The van der Waals surface area contributed by atoms with Crippen LogP contribution in [0.25, 0.3) is 0 Å². The van der Waals surface area contributed by atoms with E-state index in [1.807, 2.05) is 48.3 Å². The summed E-state index contributed by atoms with van der Waals surface area (Å²) in [7, 11) is 2.00. The Morgan fingerprint density at radius 2 is 1.66 bits per heavy atom. The van der Waals surface area contributed by atoms with Crippen molar-refractivity contribution in [2.75, 3.05) is 20.1 Å². The highest BCUT2D eigenvalue weighted by Crippen LogP contribution is 2.22. The first-order valence-corrected chi connectivity index (χ1v) is 10.5. The fraction of sp³-hybridized carbons (Fsp3) is 0.417. The van der Waals surface area contributed by atoms with E-state index in [9.17, 15) is 9.59 Å². The molecule has 2 amide bonds. The summed E-state index contributed by atoms with van der Waals surface area (Å²) in [5.41, 5.74) is 4.29. The highest BCUT2D eigenvalue weighted by Gasteiger charge is 2.28. The number of likely N-dealkylation sites (N-methyl/N-ethyl adjacent to an activating group) is 1. The number of rotatable bonds is 4. The molecule has 4 rings (SSSR count). The maximum Gasteiger partial charge on any atom is 0.253 e. The molecule has 1 saturated heterocycles.